The fraction of sp³-hybridized carbons (Fsp3) is 0.552. The maximum absolute atomic E-state index is 14.0. The van der Waals surface area contributed by atoms with Gasteiger partial charge in [0.05, 0.1) is 25.8 Å². The van der Waals surface area contributed by atoms with Gasteiger partial charge in [0.25, 0.3) is 0 Å². The third kappa shape index (κ3) is 6.21. The average Bonchev–Trinajstić information content (AvgIpc) is 2.92. The molecule has 2 fully saturated rings. The van der Waals surface area contributed by atoms with Gasteiger partial charge in [0.15, 0.2) is 0 Å². The number of aromatic nitrogens is 1. The molecular weight excluding hydrogens is 517 g/mol. The minimum absolute atomic E-state index is 0.0752. The maximum Gasteiger partial charge on any atom is 0.407 e. The molecule has 216 valence electrons. The highest BCUT2D eigenvalue weighted by molar-refractivity contribution is 5.97. The number of piperazine rings is 1. The standard InChI is InChI=1S/C29H38FN5O5/c1-19-13-33(25(15-34(19)29(37)38)14-32-8-9-39-17-20(32)2)16-27(36)35-21(3)18-40-28-26(35)11-23(12-31-28)10-22-4-6-24(30)7-5-22/h4-7,11-12,19-21,25H,8-10,13-18H2,1-3H3,(H,37,38)/t19-,20-,21?,25+/m1/s1. The topological polar surface area (TPSA) is 98.7 Å². The number of morpholine rings is 1. The van der Waals surface area contributed by atoms with Crippen molar-refractivity contribution in [2.45, 2.75) is 51.4 Å². The van der Waals surface area contributed by atoms with Gasteiger partial charge >= 0.3 is 6.09 Å². The molecule has 5 rings (SSSR count). The van der Waals surface area contributed by atoms with Crippen LogP contribution in [0.2, 0.25) is 0 Å². The number of halogens is 1. The van der Waals surface area contributed by atoms with Crippen LogP contribution in [0.5, 0.6) is 5.88 Å². The van der Waals surface area contributed by atoms with Crippen LogP contribution in [0, 0.1) is 5.82 Å². The van der Waals surface area contributed by atoms with Crippen LogP contribution in [0.3, 0.4) is 0 Å². The molecule has 11 heteroatoms. The van der Waals surface area contributed by atoms with Gasteiger partial charge in [-0.2, -0.15) is 0 Å². The van der Waals surface area contributed by atoms with E-state index in [2.05, 4.69) is 21.7 Å². The lowest BCUT2D eigenvalue weighted by molar-refractivity contribution is -0.122. The average molecular weight is 556 g/mol. The summed E-state index contributed by atoms with van der Waals surface area (Å²) in [5, 5.41) is 9.80. The number of rotatable bonds is 6. The maximum atomic E-state index is 14.0. The molecular formula is C29H38FN5O5. The highest BCUT2D eigenvalue weighted by atomic mass is 19.1. The molecule has 1 aromatic heterocycles. The predicted octanol–water partition coefficient (Wildman–Crippen LogP) is 2.70. The Balaban J connectivity index is 1.36. The number of nitrogens with zero attached hydrogens (tertiary/aromatic N) is 5. The van der Waals surface area contributed by atoms with Gasteiger partial charge in [-0.05, 0) is 56.5 Å². The summed E-state index contributed by atoms with van der Waals surface area (Å²) in [5.41, 5.74) is 2.46. The number of pyridine rings is 1. The second-order valence-corrected chi connectivity index (χ2v) is 11.2. The van der Waals surface area contributed by atoms with Gasteiger partial charge in [0, 0.05) is 50.5 Å². The summed E-state index contributed by atoms with van der Waals surface area (Å²) in [5.74, 6) is 0.0528. The number of carboxylic acid groups (broad SMARTS) is 1. The number of fused-ring (bicyclic) bond motifs is 1. The van der Waals surface area contributed by atoms with Crippen LogP contribution in [0.15, 0.2) is 36.5 Å². The molecule has 0 radical (unpaired) electrons. The van der Waals surface area contributed by atoms with Crippen LogP contribution >= 0.6 is 0 Å². The van der Waals surface area contributed by atoms with Crippen molar-refractivity contribution < 1.29 is 28.6 Å². The van der Waals surface area contributed by atoms with Crippen molar-refractivity contribution in [1.82, 2.24) is 19.7 Å². The molecule has 1 N–H and O–H groups in total. The molecule has 4 heterocycles. The Morgan fingerprint density at radius 3 is 2.52 bits per heavy atom. The van der Waals surface area contributed by atoms with E-state index in [1.54, 1.807) is 23.2 Å². The monoisotopic (exact) mass is 555 g/mol. The van der Waals surface area contributed by atoms with Crippen molar-refractivity contribution in [3.8, 4) is 5.88 Å². The van der Waals surface area contributed by atoms with Crippen LogP contribution in [0.25, 0.3) is 0 Å². The fourth-order valence-corrected chi connectivity index (χ4v) is 5.89. The van der Waals surface area contributed by atoms with Crippen LogP contribution in [-0.2, 0) is 16.0 Å². The van der Waals surface area contributed by atoms with Crippen molar-refractivity contribution in [2.24, 2.45) is 0 Å². The van der Waals surface area contributed by atoms with E-state index in [1.165, 1.54) is 17.0 Å². The third-order valence-electron chi connectivity index (χ3n) is 8.13. The first-order valence-corrected chi connectivity index (χ1v) is 13.9. The minimum atomic E-state index is -0.936. The lowest BCUT2D eigenvalue weighted by Gasteiger charge is -2.47. The molecule has 2 saturated heterocycles. The first kappa shape index (κ1) is 28.3. The number of amides is 2. The Labute approximate surface area is 234 Å². The van der Waals surface area contributed by atoms with Crippen LogP contribution in [-0.4, -0.2) is 114 Å². The highest BCUT2D eigenvalue weighted by Gasteiger charge is 2.39. The normalized spacial score (nSPS) is 25.8. The summed E-state index contributed by atoms with van der Waals surface area (Å²) in [4.78, 5) is 38.1. The van der Waals surface area contributed by atoms with Crippen molar-refractivity contribution >= 4 is 17.7 Å². The van der Waals surface area contributed by atoms with Gasteiger partial charge in [0.1, 0.15) is 18.1 Å². The number of carbonyl (C=O) groups is 2. The van der Waals surface area contributed by atoms with Crippen LogP contribution < -0.4 is 9.64 Å². The van der Waals surface area contributed by atoms with E-state index in [9.17, 15) is 19.1 Å². The Morgan fingerprint density at radius 2 is 1.80 bits per heavy atom. The first-order valence-electron chi connectivity index (χ1n) is 13.9. The Kier molecular flexibility index (Phi) is 8.53. The summed E-state index contributed by atoms with van der Waals surface area (Å²) in [7, 11) is 0. The van der Waals surface area contributed by atoms with E-state index >= 15 is 0 Å². The van der Waals surface area contributed by atoms with E-state index in [0.29, 0.717) is 57.4 Å². The smallest absolute Gasteiger partial charge is 0.407 e. The van der Waals surface area contributed by atoms with E-state index in [4.69, 9.17) is 9.47 Å². The van der Waals surface area contributed by atoms with E-state index in [0.717, 1.165) is 17.7 Å². The van der Waals surface area contributed by atoms with Gasteiger partial charge in [-0.15, -0.1) is 0 Å². The fourth-order valence-electron chi connectivity index (χ4n) is 5.89. The Bertz CT molecular complexity index is 1210. The molecule has 4 atom stereocenters. The van der Waals surface area contributed by atoms with Gasteiger partial charge in [-0.25, -0.2) is 14.2 Å². The molecule has 0 spiro atoms. The van der Waals surface area contributed by atoms with E-state index in [1.807, 2.05) is 19.9 Å². The van der Waals surface area contributed by atoms with Crippen molar-refractivity contribution in [2.75, 3.05) is 57.4 Å². The summed E-state index contributed by atoms with van der Waals surface area (Å²) in [6.45, 7) is 9.97. The Hall–Kier alpha value is -3.28. The van der Waals surface area contributed by atoms with E-state index in [-0.39, 0.29) is 42.4 Å². The van der Waals surface area contributed by atoms with E-state index < -0.39 is 6.09 Å². The number of ether oxygens (including phenoxy) is 2. The quantitative estimate of drug-likeness (QED) is 0.581. The zero-order valence-corrected chi connectivity index (χ0v) is 23.3. The number of carbonyl (C=O) groups excluding carboxylic acids is 1. The molecule has 3 aliphatic heterocycles. The zero-order chi connectivity index (χ0) is 28.4. The zero-order valence-electron chi connectivity index (χ0n) is 23.3. The molecule has 0 bridgehead atoms. The first-order chi connectivity index (χ1) is 19.2. The number of hydrogen-bond acceptors (Lipinski definition) is 7. The number of anilines is 1. The molecule has 2 aromatic rings. The van der Waals surface area contributed by atoms with Gasteiger partial charge in [-0.1, -0.05) is 12.1 Å². The van der Waals surface area contributed by atoms with Crippen molar-refractivity contribution in [3.05, 3.63) is 53.5 Å². The van der Waals surface area contributed by atoms with Crippen LogP contribution in [0.4, 0.5) is 14.9 Å². The molecule has 1 aromatic carbocycles. The molecule has 0 aliphatic carbocycles. The van der Waals surface area contributed by atoms with Gasteiger partial charge < -0.3 is 24.4 Å². The molecule has 10 nitrogen and oxygen atoms in total. The lowest BCUT2D eigenvalue weighted by atomic mass is 10.0. The van der Waals surface area contributed by atoms with Crippen molar-refractivity contribution in [1.29, 1.82) is 0 Å². The summed E-state index contributed by atoms with van der Waals surface area (Å²) < 4.78 is 24.8. The molecule has 3 aliphatic rings. The van der Waals surface area contributed by atoms with Crippen molar-refractivity contribution in [3.63, 3.8) is 0 Å². The second-order valence-electron chi connectivity index (χ2n) is 11.2. The third-order valence-corrected chi connectivity index (χ3v) is 8.13. The molecule has 1 unspecified atom stereocenters. The SMILES string of the molecule is CC1COc2ncc(Cc3ccc(F)cc3)cc2N1C(=O)CN1C[C@@H](C)N(C(=O)O)C[C@@H]1CN1CCOC[C@H]1C. The molecule has 0 saturated carbocycles. The van der Waals surface area contributed by atoms with Gasteiger partial charge in [-0.3, -0.25) is 14.6 Å². The summed E-state index contributed by atoms with van der Waals surface area (Å²) in [6, 6.07) is 7.94. The second kappa shape index (κ2) is 12.1. The minimum Gasteiger partial charge on any atom is -0.474 e. The highest BCUT2D eigenvalue weighted by Crippen LogP contribution is 2.34. The largest absolute Gasteiger partial charge is 0.474 e. The van der Waals surface area contributed by atoms with Gasteiger partial charge in [0.2, 0.25) is 11.8 Å². The molecule has 2 amide bonds. The van der Waals surface area contributed by atoms with Crippen LogP contribution in [0.1, 0.15) is 31.9 Å². The lowest BCUT2D eigenvalue weighted by Crippen LogP contribution is -2.64. The molecule has 40 heavy (non-hydrogen) atoms. The summed E-state index contributed by atoms with van der Waals surface area (Å²) >= 11 is 0. The summed E-state index contributed by atoms with van der Waals surface area (Å²) in [6.07, 6.45) is 1.34. The number of benzene rings is 1. The predicted molar refractivity (Wildman–Crippen MR) is 147 cm³/mol. The number of hydrogen-bond donors (Lipinski definition) is 1. The Morgan fingerprint density at radius 1 is 1.02 bits per heavy atom.